The molecule has 1 radical (unpaired) electrons. The van der Waals surface area contributed by atoms with Crippen LogP contribution in [0, 0.1) is 17.4 Å². The Hall–Kier alpha value is -1.49. The van der Waals surface area contributed by atoms with E-state index in [-0.39, 0.29) is 0 Å². The van der Waals surface area contributed by atoms with Crippen LogP contribution in [0.3, 0.4) is 0 Å². The number of hydrogen-bond acceptors (Lipinski definition) is 2. The Morgan fingerprint density at radius 1 is 1.60 bits per heavy atom. The molecule has 0 heterocycles. The van der Waals surface area contributed by atoms with Gasteiger partial charge >= 0.3 is 0 Å². The zero-order chi connectivity index (χ0) is 7.23. The summed E-state index contributed by atoms with van der Waals surface area (Å²) in [5.41, 5.74) is 0.865. The van der Waals surface area contributed by atoms with Gasteiger partial charge in [0.2, 0.25) is 0 Å². The lowest BCUT2D eigenvalue weighted by Crippen LogP contribution is -1.97. The molecule has 2 heteroatoms. The topological polar surface area (TPSA) is 35.8 Å². The van der Waals surface area contributed by atoms with Gasteiger partial charge in [0, 0.05) is 11.8 Å². The number of nitriles is 1. The highest BCUT2D eigenvalue weighted by atomic mass is 14.9. The van der Waals surface area contributed by atoms with E-state index in [1.54, 1.807) is 6.07 Å². The summed E-state index contributed by atoms with van der Waals surface area (Å²) in [5.74, 6) is 0. The van der Waals surface area contributed by atoms with E-state index in [0.29, 0.717) is 6.54 Å². The number of rotatable bonds is 2. The summed E-state index contributed by atoms with van der Waals surface area (Å²) >= 11 is 0. The first kappa shape index (κ1) is 6.63. The molecule has 0 saturated heterocycles. The maximum atomic E-state index is 8.20. The summed E-state index contributed by atoms with van der Waals surface area (Å²) in [6.45, 7) is 0.334. The van der Waals surface area contributed by atoms with E-state index < -0.39 is 0 Å². The Kier molecular flexibility index (Phi) is 2.33. The van der Waals surface area contributed by atoms with Gasteiger partial charge in [-0.3, -0.25) is 0 Å². The molecule has 0 unspecified atom stereocenters. The fourth-order valence-corrected chi connectivity index (χ4v) is 0.638. The molecule has 0 aliphatic heterocycles. The van der Waals surface area contributed by atoms with E-state index in [1.807, 2.05) is 24.3 Å². The van der Waals surface area contributed by atoms with Crippen LogP contribution in [-0.2, 0) is 0 Å². The largest absolute Gasteiger partial charge is 0.372 e. The number of nitrogens with one attached hydrogen (secondary N) is 1. The van der Waals surface area contributed by atoms with Crippen LogP contribution in [0.25, 0.3) is 0 Å². The van der Waals surface area contributed by atoms with E-state index in [0.717, 1.165) is 5.69 Å². The molecule has 1 rings (SSSR count). The Labute approximate surface area is 60.1 Å². The molecule has 0 spiro atoms. The Morgan fingerprint density at radius 3 is 3.10 bits per heavy atom. The highest BCUT2D eigenvalue weighted by Gasteiger charge is 1.84. The van der Waals surface area contributed by atoms with Crippen molar-refractivity contribution in [2.45, 2.75) is 0 Å². The average molecular weight is 131 g/mol. The zero-order valence-electron chi connectivity index (χ0n) is 5.46. The molecule has 0 bridgehead atoms. The summed E-state index contributed by atoms with van der Waals surface area (Å²) in [4.78, 5) is 0. The predicted molar refractivity (Wildman–Crippen MR) is 39.4 cm³/mol. The summed E-state index contributed by atoms with van der Waals surface area (Å²) in [6, 6.07) is 12.4. The average Bonchev–Trinajstić information content (AvgIpc) is 2.03. The molecule has 1 N–H and O–H groups in total. The molecule has 49 valence electrons. The van der Waals surface area contributed by atoms with Crippen LogP contribution in [0.15, 0.2) is 24.3 Å². The van der Waals surface area contributed by atoms with Gasteiger partial charge in [0.25, 0.3) is 0 Å². The molecule has 0 fully saturated rings. The van der Waals surface area contributed by atoms with Gasteiger partial charge in [-0.15, -0.1) is 0 Å². The van der Waals surface area contributed by atoms with Crippen LogP contribution < -0.4 is 5.32 Å². The second-order valence-corrected chi connectivity index (χ2v) is 1.79. The molecule has 1 aromatic carbocycles. The predicted octanol–water partition coefficient (Wildman–Crippen LogP) is 1.42. The number of benzene rings is 1. The van der Waals surface area contributed by atoms with Gasteiger partial charge in [-0.05, 0) is 6.07 Å². The zero-order valence-corrected chi connectivity index (χ0v) is 5.46. The van der Waals surface area contributed by atoms with Crippen LogP contribution in [0.1, 0.15) is 0 Å². The Bertz CT molecular complexity index is 223. The lowest BCUT2D eigenvalue weighted by Gasteiger charge is -1.97. The van der Waals surface area contributed by atoms with Gasteiger partial charge in [0.15, 0.2) is 0 Å². The van der Waals surface area contributed by atoms with E-state index >= 15 is 0 Å². The van der Waals surface area contributed by atoms with Crippen LogP contribution in [0.5, 0.6) is 0 Å². The van der Waals surface area contributed by atoms with Gasteiger partial charge in [-0.2, -0.15) is 5.26 Å². The molecular formula is C8H7N2. The SMILES string of the molecule is N#CCNc1[c]cccc1. The van der Waals surface area contributed by atoms with Gasteiger partial charge < -0.3 is 5.32 Å². The number of nitrogens with zero attached hydrogens (tertiary/aromatic N) is 1. The first-order valence-corrected chi connectivity index (χ1v) is 3.01. The van der Waals surface area contributed by atoms with Gasteiger partial charge in [-0.1, -0.05) is 18.2 Å². The van der Waals surface area contributed by atoms with Gasteiger partial charge in [-0.25, -0.2) is 0 Å². The molecule has 2 nitrogen and oxygen atoms in total. The summed E-state index contributed by atoms with van der Waals surface area (Å²) in [5, 5.41) is 11.1. The molecule has 0 aliphatic carbocycles. The van der Waals surface area contributed by atoms with Gasteiger partial charge in [0.05, 0.1) is 6.07 Å². The van der Waals surface area contributed by atoms with E-state index in [2.05, 4.69) is 11.4 Å². The molecule has 0 atom stereocenters. The molecule has 0 amide bonds. The van der Waals surface area contributed by atoms with Crippen LogP contribution in [-0.4, -0.2) is 6.54 Å². The molecule has 0 aliphatic rings. The normalized spacial score (nSPS) is 8.30. The highest BCUT2D eigenvalue weighted by Crippen LogP contribution is 2.01. The summed E-state index contributed by atoms with van der Waals surface area (Å²) < 4.78 is 0. The van der Waals surface area contributed by atoms with Crippen molar-refractivity contribution in [2.24, 2.45) is 0 Å². The van der Waals surface area contributed by atoms with Crippen molar-refractivity contribution >= 4 is 5.69 Å². The minimum atomic E-state index is 0.334. The Balaban J connectivity index is 2.52. The molecule has 0 saturated carbocycles. The van der Waals surface area contributed by atoms with Crippen molar-refractivity contribution in [3.8, 4) is 6.07 Å². The van der Waals surface area contributed by atoms with Crippen LogP contribution in [0.4, 0.5) is 5.69 Å². The van der Waals surface area contributed by atoms with E-state index in [4.69, 9.17) is 5.26 Å². The minimum absolute atomic E-state index is 0.334. The highest BCUT2D eigenvalue weighted by molar-refractivity contribution is 5.41. The molecular weight excluding hydrogens is 124 g/mol. The van der Waals surface area contributed by atoms with Crippen molar-refractivity contribution in [1.82, 2.24) is 0 Å². The fraction of sp³-hybridized carbons (Fsp3) is 0.125. The maximum absolute atomic E-state index is 8.20. The third-order valence-electron chi connectivity index (χ3n) is 1.07. The number of para-hydroxylation sites is 1. The van der Waals surface area contributed by atoms with Crippen molar-refractivity contribution in [2.75, 3.05) is 11.9 Å². The lowest BCUT2D eigenvalue weighted by molar-refractivity contribution is 1.32. The fourth-order valence-electron chi connectivity index (χ4n) is 0.638. The third kappa shape index (κ3) is 1.79. The lowest BCUT2D eigenvalue weighted by atomic mass is 10.3. The van der Waals surface area contributed by atoms with Crippen molar-refractivity contribution < 1.29 is 0 Å². The monoisotopic (exact) mass is 131 g/mol. The van der Waals surface area contributed by atoms with Crippen molar-refractivity contribution in [1.29, 1.82) is 5.26 Å². The molecule has 0 aromatic heterocycles. The molecule has 10 heavy (non-hydrogen) atoms. The summed E-state index contributed by atoms with van der Waals surface area (Å²) in [7, 11) is 0. The first-order valence-electron chi connectivity index (χ1n) is 3.01. The number of hydrogen-bond donors (Lipinski definition) is 1. The van der Waals surface area contributed by atoms with Crippen molar-refractivity contribution in [3.05, 3.63) is 30.3 Å². The second-order valence-electron chi connectivity index (χ2n) is 1.79. The van der Waals surface area contributed by atoms with E-state index in [1.165, 1.54) is 0 Å². The Morgan fingerprint density at radius 2 is 2.50 bits per heavy atom. The first-order chi connectivity index (χ1) is 4.93. The smallest absolute Gasteiger partial charge is 0.103 e. The number of anilines is 1. The van der Waals surface area contributed by atoms with Crippen LogP contribution >= 0.6 is 0 Å². The quantitative estimate of drug-likeness (QED) is 0.616. The summed E-state index contributed by atoms with van der Waals surface area (Å²) in [6.07, 6.45) is 0. The van der Waals surface area contributed by atoms with Crippen LogP contribution in [0.2, 0.25) is 0 Å². The minimum Gasteiger partial charge on any atom is -0.372 e. The maximum Gasteiger partial charge on any atom is 0.103 e. The second kappa shape index (κ2) is 3.52. The molecule has 1 aromatic rings. The van der Waals surface area contributed by atoms with E-state index in [9.17, 15) is 0 Å². The standard InChI is InChI=1S/C8H7N2/c9-6-7-10-8-4-2-1-3-5-8/h1-4,10H,7H2. The van der Waals surface area contributed by atoms with Gasteiger partial charge in [0.1, 0.15) is 6.54 Å². The van der Waals surface area contributed by atoms with Crippen molar-refractivity contribution in [3.63, 3.8) is 0 Å². The third-order valence-corrected chi connectivity index (χ3v) is 1.07.